The van der Waals surface area contributed by atoms with E-state index in [1.807, 2.05) is 0 Å². The molecule has 0 bridgehead atoms. The summed E-state index contributed by atoms with van der Waals surface area (Å²) in [5, 5.41) is 7.37. The molecule has 4 heteroatoms. The molecule has 1 aliphatic carbocycles. The van der Waals surface area contributed by atoms with Gasteiger partial charge in [0.1, 0.15) is 17.4 Å². The molecule has 2 aromatic rings. The molecule has 4 nitrogen and oxygen atoms in total. The molecule has 0 aromatic carbocycles. The average Bonchev–Trinajstić information content (AvgIpc) is 2.74. The normalized spacial score (nSPS) is 18.4. The lowest BCUT2D eigenvalue weighted by Crippen LogP contribution is -2.05. The molecule has 2 aromatic heterocycles. The molecule has 0 amide bonds. The maximum atomic E-state index is 4.31. The van der Waals surface area contributed by atoms with Crippen molar-refractivity contribution in [3.05, 3.63) is 18.2 Å². The van der Waals surface area contributed by atoms with Crippen LogP contribution in [-0.4, -0.2) is 20.2 Å². The van der Waals surface area contributed by atoms with Gasteiger partial charge in [-0.05, 0) is 12.8 Å². The van der Waals surface area contributed by atoms with E-state index in [2.05, 4.69) is 20.2 Å². The van der Waals surface area contributed by atoms with Crippen molar-refractivity contribution in [1.29, 1.82) is 0 Å². The second kappa shape index (κ2) is 3.61. The highest BCUT2D eigenvalue weighted by Gasteiger charge is 2.20. The first-order chi connectivity index (χ1) is 7.45. The third-order valence-corrected chi connectivity index (χ3v) is 3.26. The van der Waals surface area contributed by atoms with E-state index >= 15 is 0 Å². The van der Waals surface area contributed by atoms with Crippen LogP contribution in [0.2, 0.25) is 0 Å². The third kappa shape index (κ3) is 1.50. The van der Waals surface area contributed by atoms with E-state index in [0.717, 1.165) is 11.0 Å². The molecule has 2 heterocycles. The van der Waals surface area contributed by atoms with Gasteiger partial charge in [-0.3, -0.25) is 5.10 Å². The van der Waals surface area contributed by atoms with Crippen LogP contribution in [0.1, 0.15) is 43.7 Å². The molecule has 1 aliphatic rings. The van der Waals surface area contributed by atoms with Crippen LogP contribution >= 0.6 is 0 Å². The van der Waals surface area contributed by atoms with E-state index < -0.39 is 0 Å². The number of aromatic nitrogens is 4. The number of H-pyrrole nitrogens is 1. The van der Waals surface area contributed by atoms with Crippen LogP contribution in [0.4, 0.5) is 0 Å². The zero-order valence-corrected chi connectivity index (χ0v) is 8.61. The van der Waals surface area contributed by atoms with Crippen LogP contribution in [0.5, 0.6) is 0 Å². The maximum Gasteiger partial charge on any atom is 0.129 e. The molecular formula is C11H14N4. The van der Waals surface area contributed by atoms with Gasteiger partial charge < -0.3 is 0 Å². The summed E-state index contributed by atoms with van der Waals surface area (Å²) in [6.07, 6.45) is 9.93. The first-order valence-electron chi connectivity index (χ1n) is 5.59. The Balaban J connectivity index is 2.02. The summed E-state index contributed by atoms with van der Waals surface area (Å²) in [5.41, 5.74) is 3.11. The van der Waals surface area contributed by atoms with Gasteiger partial charge in [0, 0.05) is 5.92 Å². The van der Waals surface area contributed by atoms with Gasteiger partial charge in [-0.25, -0.2) is 9.97 Å². The number of fused-ring (bicyclic) bond motifs is 1. The van der Waals surface area contributed by atoms with Gasteiger partial charge in [0.15, 0.2) is 0 Å². The zero-order valence-electron chi connectivity index (χ0n) is 8.61. The van der Waals surface area contributed by atoms with Crippen LogP contribution in [-0.2, 0) is 0 Å². The Morgan fingerprint density at radius 1 is 1.20 bits per heavy atom. The predicted octanol–water partition coefficient (Wildman–Crippen LogP) is 2.40. The van der Waals surface area contributed by atoms with Gasteiger partial charge in [0.2, 0.25) is 0 Å². The molecule has 0 atom stereocenters. The fourth-order valence-electron chi connectivity index (χ4n) is 2.46. The lowest BCUT2D eigenvalue weighted by Gasteiger charge is -2.19. The molecule has 1 fully saturated rings. The minimum atomic E-state index is 0.624. The summed E-state index contributed by atoms with van der Waals surface area (Å²) < 4.78 is 0. The monoisotopic (exact) mass is 202 g/mol. The van der Waals surface area contributed by atoms with Crippen LogP contribution in [0.15, 0.2) is 12.5 Å². The smallest absolute Gasteiger partial charge is 0.129 e. The quantitative estimate of drug-likeness (QED) is 0.772. The number of nitrogens with zero attached hydrogens (tertiary/aromatic N) is 3. The van der Waals surface area contributed by atoms with E-state index in [1.165, 1.54) is 37.8 Å². The van der Waals surface area contributed by atoms with Crippen molar-refractivity contribution in [3.8, 4) is 0 Å². The molecule has 0 radical (unpaired) electrons. The maximum absolute atomic E-state index is 4.31. The minimum absolute atomic E-state index is 0.624. The van der Waals surface area contributed by atoms with Gasteiger partial charge >= 0.3 is 0 Å². The van der Waals surface area contributed by atoms with Crippen LogP contribution in [0.3, 0.4) is 0 Å². The Morgan fingerprint density at radius 2 is 2.07 bits per heavy atom. The van der Waals surface area contributed by atoms with Gasteiger partial charge in [0.25, 0.3) is 0 Å². The van der Waals surface area contributed by atoms with Crippen LogP contribution in [0, 0.1) is 0 Å². The second-order valence-corrected chi connectivity index (χ2v) is 4.23. The Kier molecular flexibility index (Phi) is 2.12. The first-order valence-corrected chi connectivity index (χ1v) is 5.59. The third-order valence-electron chi connectivity index (χ3n) is 3.26. The van der Waals surface area contributed by atoms with Crippen LogP contribution < -0.4 is 0 Å². The summed E-state index contributed by atoms with van der Waals surface area (Å²) in [7, 11) is 0. The highest BCUT2D eigenvalue weighted by atomic mass is 15.1. The van der Waals surface area contributed by atoms with E-state index in [0.29, 0.717) is 5.92 Å². The number of hydrogen-bond acceptors (Lipinski definition) is 3. The second-order valence-electron chi connectivity index (χ2n) is 4.23. The van der Waals surface area contributed by atoms with E-state index in [4.69, 9.17) is 0 Å². The highest BCUT2D eigenvalue weighted by Crippen LogP contribution is 2.33. The van der Waals surface area contributed by atoms with Gasteiger partial charge in [-0.15, -0.1) is 0 Å². The molecule has 0 aliphatic heterocycles. The molecule has 78 valence electrons. The van der Waals surface area contributed by atoms with Crippen molar-refractivity contribution in [3.63, 3.8) is 0 Å². The molecule has 0 unspecified atom stereocenters. The summed E-state index contributed by atoms with van der Waals surface area (Å²) in [6, 6.07) is 0. The zero-order chi connectivity index (χ0) is 10.1. The Morgan fingerprint density at radius 3 is 2.93 bits per heavy atom. The van der Waals surface area contributed by atoms with Crippen molar-refractivity contribution in [1.82, 2.24) is 20.2 Å². The molecule has 15 heavy (non-hydrogen) atoms. The number of hydrogen-bond donors (Lipinski definition) is 1. The van der Waals surface area contributed by atoms with Crippen LogP contribution in [0.25, 0.3) is 11.0 Å². The van der Waals surface area contributed by atoms with Gasteiger partial charge in [-0.1, -0.05) is 19.3 Å². The lowest BCUT2D eigenvalue weighted by molar-refractivity contribution is 0.437. The van der Waals surface area contributed by atoms with Crippen molar-refractivity contribution < 1.29 is 0 Å². The highest BCUT2D eigenvalue weighted by molar-refractivity contribution is 5.75. The predicted molar refractivity (Wildman–Crippen MR) is 57.5 cm³/mol. The first kappa shape index (κ1) is 8.83. The van der Waals surface area contributed by atoms with Crippen molar-refractivity contribution in [2.75, 3.05) is 0 Å². The Hall–Kier alpha value is -1.45. The molecular weight excluding hydrogens is 188 g/mol. The summed E-state index contributed by atoms with van der Waals surface area (Å²) in [6.45, 7) is 0. The Labute approximate surface area is 88.1 Å². The van der Waals surface area contributed by atoms with Crippen molar-refractivity contribution in [2.24, 2.45) is 0 Å². The molecule has 0 saturated heterocycles. The molecule has 0 spiro atoms. The van der Waals surface area contributed by atoms with Crippen molar-refractivity contribution in [2.45, 2.75) is 38.0 Å². The largest absolute Gasteiger partial charge is 0.279 e. The number of nitrogens with one attached hydrogen (secondary N) is 1. The van der Waals surface area contributed by atoms with E-state index in [9.17, 15) is 0 Å². The summed E-state index contributed by atoms with van der Waals surface area (Å²) in [5.74, 6) is 0.624. The minimum Gasteiger partial charge on any atom is -0.279 e. The summed E-state index contributed by atoms with van der Waals surface area (Å²) in [4.78, 5) is 8.29. The summed E-state index contributed by atoms with van der Waals surface area (Å²) >= 11 is 0. The topological polar surface area (TPSA) is 54.5 Å². The lowest BCUT2D eigenvalue weighted by atomic mass is 9.87. The fourth-order valence-corrected chi connectivity index (χ4v) is 2.46. The van der Waals surface area contributed by atoms with E-state index in [-0.39, 0.29) is 0 Å². The number of rotatable bonds is 1. The molecule has 1 saturated carbocycles. The number of aromatic amines is 1. The molecule has 1 N–H and O–H groups in total. The standard InChI is InChI=1S/C11H14N4/c1-2-4-8(5-3-1)10-11-9(14-15-10)6-12-7-13-11/h6-8H,1-5H2,(H,14,15). The van der Waals surface area contributed by atoms with Crippen molar-refractivity contribution >= 4 is 11.0 Å². The van der Waals surface area contributed by atoms with Gasteiger partial charge in [-0.2, -0.15) is 5.10 Å². The van der Waals surface area contributed by atoms with Gasteiger partial charge in [0.05, 0.1) is 11.9 Å². The average molecular weight is 202 g/mol. The fraction of sp³-hybridized carbons (Fsp3) is 0.545. The Bertz CT molecular complexity index is 456. The molecule has 3 rings (SSSR count). The SMILES string of the molecule is c1ncc2n[nH]c(C3CCCCC3)c2n1. The van der Waals surface area contributed by atoms with E-state index in [1.54, 1.807) is 12.5 Å².